The van der Waals surface area contributed by atoms with Gasteiger partial charge in [0, 0.05) is 18.0 Å². The molecule has 0 saturated carbocycles. The summed E-state index contributed by atoms with van der Waals surface area (Å²) in [6.07, 6.45) is 0. The molecule has 0 fully saturated rings. The standard InChI is InChI=1S/C11H14N2S/c1-9-8-12-11(14-9)13(2)10-6-4-3-5-7-10/h3-7,9H,8H2,1-2H3. The highest BCUT2D eigenvalue weighted by molar-refractivity contribution is 8.15. The third-order valence-corrected chi connectivity index (χ3v) is 3.39. The molecule has 0 radical (unpaired) electrons. The molecule has 0 saturated heterocycles. The van der Waals surface area contributed by atoms with Gasteiger partial charge in [-0.25, -0.2) is 0 Å². The van der Waals surface area contributed by atoms with E-state index in [-0.39, 0.29) is 0 Å². The third-order valence-electron chi connectivity index (χ3n) is 2.22. The van der Waals surface area contributed by atoms with Crippen LogP contribution in [0, 0.1) is 0 Å². The number of benzene rings is 1. The first-order chi connectivity index (χ1) is 6.77. The first kappa shape index (κ1) is 9.59. The van der Waals surface area contributed by atoms with Crippen LogP contribution in [0.2, 0.25) is 0 Å². The van der Waals surface area contributed by atoms with Gasteiger partial charge < -0.3 is 4.90 Å². The topological polar surface area (TPSA) is 15.6 Å². The van der Waals surface area contributed by atoms with E-state index in [4.69, 9.17) is 0 Å². The van der Waals surface area contributed by atoms with Gasteiger partial charge >= 0.3 is 0 Å². The summed E-state index contributed by atoms with van der Waals surface area (Å²) < 4.78 is 0. The van der Waals surface area contributed by atoms with Crippen molar-refractivity contribution in [3.8, 4) is 0 Å². The van der Waals surface area contributed by atoms with Crippen molar-refractivity contribution in [1.29, 1.82) is 0 Å². The number of hydrogen-bond acceptors (Lipinski definition) is 3. The van der Waals surface area contributed by atoms with Crippen LogP contribution in [0.1, 0.15) is 6.92 Å². The van der Waals surface area contributed by atoms with Crippen molar-refractivity contribution in [3.63, 3.8) is 0 Å². The van der Waals surface area contributed by atoms with E-state index in [9.17, 15) is 0 Å². The van der Waals surface area contributed by atoms with Gasteiger partial charge in [-0.15, -0.1) is 0 Å². The maximum atomic E-state index is 4.50. The molecule has 0 bridgehead atoms. The summed E-state index contributed by atoms with van der Waals surface area (Å²) in [6.45, 7) is 3.15. The smallest absolute Gasteiger partial charge is 0.163 e. The van der Waals surface area contributed by atoms with E-state index in [1.807, 2.05) is 17.8 Å². The van der Waals surface area contributed by atoms with Crippen LogP contribution in [-0.4, -0.2) is 24.0 Å². The van der Waals surface area contributed by atoms with Crippen LogP contribution in [0.15, 0.2) is 35.3 Å². The minimum absolute atomic E-state index is 0.621. The van der Waals surface area contributed by atoms with Gasteiger partial charge in [-0.3, -0.25) is 4.99 Å². The number of hydrogen-bond donors (Lipinski definition) is 0. The third kappa shape index (κ3) is 1.93. The first-order valence-electron chi connectivity index (χ1n) is 4.77. The monoisotopic (exact) mass is 206 g/mol. The number of amidine groups is 1. The molecule has 0 aromatic heterocycles. The fraction of sp³-hybridized carbons (Fsp3) is 0.364. The van der Waals surface area contributed by atoms with Crippen LogP contribution in [0.25, 0.3) is 0 Å². The summed E-state index contributed by atoms with van der Waals surface area (Å²) in [4.78, 5) is 6.65. The van der Waals surface area contributed by atoms with Crippen molar-refractivity contribution in [3.05, 3.63) is 30.3 Å². The second-order valence-corrected chi connectivity index (χ2v) is 4.85. The summed E-state index contributed by atoms with van der Waals surface area (Å²) >= 11 is 1.84. The molecule has 2 nitrogen and oxygen atoms in total. The highest BCUT2D eigenvalue weighted by Crippen LogP contribution is 2.25. The van der Waals surface area contributed by atoms with Crippen molar-refractivity contribution in [2.24, 2.45) is 4.99 Å². The second-order valence-electron chi connectivity index (χ2n) is 3.45. The lowest BCUT2D eigenvalue weighted by molar-refractivity contribution is 0.973. The highest BCUT2D eigenvalue weighted by Gasteiger charge is 2.18. The Balaban J connectivity index is 2.13. The Morgan fingerprint density at radius 1 is 1.36 bits per heavy atom. The van der Waals surface area contributed by atoms with Crippen molar-refractivity contribution in [2.75, 3.05) is 18.5 Å². The lowest BCUT2D eigenvalue weighted by atomic mass is 10.3. The molecule has 0 aliphatic carbocycles. The average Bonchev–Trinajstić information content (AvgIpc) is 2.65. The summed E-state index contributed by atoms with van der Waals surface area (Å²) in [5.41, 5.74) is 1.20. The quantitative estimate of drug-likeness (QED) is 0.702. The predicted octanol–water partition coefficient (Wildman–Crippen LogP) is 2.61. The van der Waals surface area contributed by atoms with E-state index >= 15 is 0 Å². The first-order valence-corrected chi connectivity index (χ1v) is 5.65. The van der Waals surface area contributed by atoms with Gasteiger partial charge in [-0.05, 0) is 12.1 Å². The minimum atomic E-state index is 0.621. The van der Waals surface area contributed by atoms with E-state index in [2.05, 4.69) is 48.1 Å². The summed E-state index contributed by atoms with van der Waals surface area (Å²) in [7, 11) is 2.07. The van der Waals surface area contributed by atoms with Gasteiger partial charge in [0.25, 0.3) is 0 Å². The molecule has 74 valence electrons. The Hall–Kier alpha value is -0.960. The van der Waals surface area contributed by atoms with E-state index in [1.54, 1.807) is 0 Å². The van der Waals surface area contributed by atoms with Gasteiger partial charge in [-0.2, -0.15) is 0 Å². The van der Waals surface area contributed by atoms with E-state index < -0.39 is 0 Å². The molecular weight excluding hydrogens is 192 g/mol. The maximum Gasteiger partial charge on any atom is 0.163 e. The minimum Gasteiger partial charge on any atom is -0.324 e. The molecule has 3 heteroatoms. The van der Waals surface area contributed by atoms with Gasteiger partial charge in [0.05, 0.1) is 6.54 Å². The summed E-state index contributed by atoms with van der Waals surface area (Å²) in [6, 6.07) is 10.3. The van der Waals surface area contributed by atoms with Gasteiger partial charge in [0.15, 0.2) is 5.17 Å². The molecule has 2 rings (SSSR count). The SMILES string of the molecule is CC1CN=C(N(C)c2ccccc2)S1. The fourth-order valence-corrected chi connectivity index (χ4v) is 2.33. The van der Waals surface area contributed by atoms with E-state index in [0.717, 1.165) is 11.7 Å². The predicted molar refractivity (Wildman–Crippen MR) is 64.2 cm³/mol. The fourth-order valence-electron chi connectivity index (χ4n) is 1.41. The lowest BCUT2D eigenvalue weighted by Crippen LogP contribution is -2.22. The van der Waals surface area contributed by atoms with Crippen molar-refractivity contribution in [2.45, 2.75) is 12.2 Å². The number of rotatable bonds is 1. The van der Waals surface area contributed by atoms with E-state index in [1.165, 1.54) is 5.69 Å². The number of anilines is 1. The van der Waals surface area contributed by atoms with Crippen molar-refractivity contribution >= 4 is 22.6 Å². The number of aliphatic imine (C=N–C) groups is 1. The summed E-state index contributed by atoms with van der Waals surface area (Å²) in [5.74, 6) is 0. The number of thioether (sulfide) groups is 1. The Morgan fingerprint density at radius 2 is 2.07 bits per heavy atom. The van der Waals surface area contributed by atoms with E-state index in [0.29, 0.717) is 5.25 Å². The number of para-hydroxylation sites is 1. The normalized spacial score (nSPS) is 20.7. The lowest BCUT2D eigenvalue weighted by Gasteiger charge is -2.18. The molecule has 0 amide bonds. The van der Waals surface area contributed by atoms with Crippen molar-refractivity contribution < 1.29 is 0 Å². The van der Waals surface area contributed by atoms with Crippen LogP contribution >= 0.6 is 11.8 Å². The van der Waals surface area contributed by atoms with Crippen LogP contribution < -0.4 is 4.90 Å². The Labute approximate surface area is 89.0 Å². The largest absolute Gasteiger partial charge is 0.324 e. The van der Waals surface area contributed by atoms with Crippen LogP contribution in [0.5, 0.6) is 0 Å². The van der Waals surface area contributed by atoms with Gasteiger partial charge in [0.2, 0.25) is 0 Å². The van der Waals surface area contributed by atoms with Crippen molar-refractivity contribution in [1.82, 2.24) is 0 Å². The molecule has 1 aliphatic heterocycles. The molecule has 0 N–H and O–H groups in total. The molecule has 1 heterocycles. The zero-order valence-electron chi connectivity index (χ0n) is 8.47. The maximum absolute atomic E-state index is 4.50. The zero-order valence-corrected chi connectivity index (χ0v) is 9.29. The second kappa shape index (κ2) is 4.05. The molecule has 1 unspecified atom stereocenters. The molecule has 14 heavy (non-hydrogen) atoms. The Bertz CT molecular complexity index is 334. The highest BCUT2D eigenvalue weighted by atomic mass is 32.2. The van der Waals surface area contributed by atoms with Crippen LogP contribution in [0.3, 0.4) is 0 Å². The Morgan fingerprint density at radius 3 is 2.64 bits per heavy atom. The van der Waals surface area contributed by atoms with Crippen LogP contribution in [-0.2, 0) is 0 Å². The average molecular weight is 206 g/mol. The van der Waals surface area contributed by atoms with Crippen LogP contribution in [0.4, 0.5) is 5.69 Å². The molecule has 1 atom stereocenters. The molecule has 1 aromatic rings. The molecule has 0 spiro atoms. The van der Waals surface area contributed by atoms with Gasteiger partial charge in [0.1, 0.15) is 0 Å². The summed E-state index contributed by atoms with van der Waals surface area (Å²) in [5, 5.41) is 1.75. The zero-order chi connectivity index (χ0) is 9.97. The van der Waals surface area contributed by atoms with Gasteiger partial charge in [-0.1, -0.05) is 36.9 Å². The Kier molecular flexibility index (Phi) is 2.77. The number of nitrogens with zero attached hydrogens (tertiary/aromatic N) is 2. The molecular formula is C11H14N2S. The molecule has 1 aliphatic rings. The molecule has 1 aromatic carbocycles.